The molecule has 0 aliphatic carbocycles. The predicted molar refractivity (Wildman–Crippen MR) is 76.9 cm³/mol. The van der Waals surface area contributed by atoms with Crippen molar-refractivity contribution in [2.75, 3.05) is 13.1 Å². The highest BCUT2D eigenvalue weighted by molar-refractivity contribution is 7.88. The minimum atomic E-state index is -3.43. The SMILES string of the molecule is CC(C)NCCNS(=O)(=O)Cc1ccc([N+](=O)[O-])cc1. The molecule has 0 heterocycles. The molecule has 0 saturated heterocycles. The molecule has 0 aliphatic rings. The third kappa shape index (κ3) is 6.09. The average molecular weight is 301 g/mol. The third-order valence-corrected chi connectivity index (χ3v) is 3.86. The fourth-order valence-electron chi connectivity index (χ4n) is 1.55. The highest BCUT2D eigenvalue weighted by atomic mass is 32.2. The molecule has 8 heteroatoms. The summed E-state index contributed by atoms with van der Waals surface area (Å²) in [6.07, 6.45) is 0. The summed E-state index contributed by atoms with van der Waals surface area (Å²) in [7, 11) is -3.43. The molecular formula is C12H19N3O4S. The van der Waals surface area contributed by atoms with Crippen molar-refractivity contribution in [2.45, 2.75) is 25.6 Å². The van der Waals surface area contributed by atoms with Gasteiger partial charge in [0.1, 0.15) is 0 Å². The first-order valence-electron chi connectivity index (χ1n) is 6.24. The highest BCUT2D eigenvalue weighted by Gasteiger charge is 2.12. The van der Waals surface area contributed by atoms with E-state index < -0.39 is 14.9 Å². The quantitative estimate of drug-likeness (QED) is 0.424. The van der Waals surface area contributed by atoms with E-state index in [1.807, 2.05) is 13.8 Å². The van der Waals surface area contributed by atoms with Crippen molar-refractivity contribution >= 4 is 15.7 Å². The van der Waals surface area contributed by atoms with Gasteiger partial charge in [0.05, 0.1) is 10.7 Å². The molecule has 20 heavy (non-hydrogen) atoms. The molecule has 0 aromatic heterocycles. The highest BCUT2D eigenvalue weighted by Crippen LogP contribution is 2.13. The maximum atomic E-state index is 11.8. The Morgan fingerprint density at radius 3 is 2.30 bits per heavy atom. The summed E-state index contributed by atoms with van der Waals surface area (Å²) in [4.78, 5) is 9.98. The van der Waals surface area contributed by atoms with Crippen LogP contribution in [0.15, 0.2) is 24.3 Å². The standard InChI is InChI=1S/C12H19N3O4S/c1-10(2)13-7-8-14-20(18,19)9-11-3-5-12(6-4-11)15(16)17/h3-6,10,13-14H,7-9H2,1-2H3. The largest absolute Gasteiger partial charge is 0.313 e. The number of nitrogens with one attached hydrogen (secondary N) is 2. The summed E-state index contributed by atoms with van der Waals surface area (Å²) in [6.45, 7) is 4.82. The zero-order chi connectivity index (χ0) is 15.2. The summed E-state index contributed by atoms with van der Waals surface area (Å²) in [6, 6.07) is 5.79. The van der Waals surface area contributed by atoms with Crippen LogP contribution < -0.4 is 10.0 Å². The van der Waals surface area contributed by atoms with E-state index in [0.717, 1.165) is 0 Å². The maximum Gasteiger partial charge on any atom is 0.269 e. The van der Waals surface area contributed by atoms with Crippen molar-refractivity contribution < 1.29 is 13.3 Å². The molecule has 0 amide bonds. The van der Waals surface area contributed by atoms with Gasteiger partial charge in [-0.05, 0) is 5.56 Å². The van der Waals surface area contributed by atoms with Gasteiger partial charge in [0.15, 0.2) is 0 Å². The fourth-order valence-corrected chi connectivity index (χ4v) is 2.70. The van der Waals surface area contributed by atoms with E-state index in [0.29, 0.717) is 24.7 Å². The van der Waals surface area contributed by atoms with Crippen molar-refractivity contribution in [1.82, 2.24) is 10.0 Å². The maximum absolute atomic E-state index is 11.8. The Bertz CT molecular complexity index is 540. The molecule has 7 nitrogen and oxygen atoms in total. The van der Waals surface area contributed by atoms with Gasteiger partial charge >= 0.3 is 0 Å². The Labute approximate surface area is 118 Å². The summed E-state index contributed by atoms with van der Waals surface area (Å²) in [5, 5.41) is 13.6. The molecule has 0 unspecified atom stereocenters. The van der Waals surface area contributed by atoms with Crippen LogP contribution in [0.5, 0.6) is 0 Å². The van der Waals surface area contributed by atoms with Crippen LogP contribution in [0.2, 0.25) is 0 Å². The predicted octanol–water partition coefficient (Wildman–Crippen LogP) is 1.01. The smallest absolute Gasteiger partial charge is 0.269 e. The van der Waals surface area contributed by atoms with E-state index >= 15 is 0 Å². The van der Waals surface area contributed by atoms with E-state index in [9.17, 15) is 18.5 Å². The number of nitro groups is 1. The molecule has 0 radical (unpaired) electrons. The molecule has 2 N–H and O–H groups in total. The van der Waals surface area contributed by atoms with E-state index in [1.165, 1.54) is 24.3 Å². The van der Waals surface area contributed by atoms with Gasteiger partial charge in [-0.1, -0.05) is 26.0 Å². The van der Waals surface area contributed by atoms with Gasteiger partial charge < -0.3 is 5.32 Å². The minimum absolute atomic E-state index is 0.0553. The van der Waals surface area contributed by atoms with E-state index in [1.54, 1.807) is 0 Å². The zero-order valence-corrected chi connectivity index (χ0v) is 12.3. The van der Waals surface area contributed by atoms with Gasteiger partial charge in [0.25, 0.3) is 5.69 Å². The normalized spacial score (nSPS) is 11.8. The molecule has 112 valence electrons. The van der Waals surface area contributed by atoms with Crippen LogP contribution >= 0.6 is 0 Å². The molecule has 1 rings (SSSR count). The average Bonchev–Trinajstić information content (AvgIpc) is 2.34. The van der Waals surface area contributed by atoms with Gasteiger partial charge in [0.2, 0.25) is 10.0 Å². The van der Waals surface area contributed by atoms with Crippen molar-refractivity contribution in [3.63, 3.8) is 0 Å². The fraction of sp³-hybridized carbons (Fsp3) is 0.500. The Hall–Kier alpha value is -1.51. The Kier molecular flexibility index (Phi) is 6.05. The number of non-ortho nitro benzene ring substituents is 1. The molecule has 0 bridgehead atoms. The summed E-state index contributed by atoms with van der Waals surface area (Å²) in [5.41, 5.74) is 0.458. The number of hydrogen-bond acceptors (Lipinski definition) is 5. The lowest BCUT2D eigenvalue weighted by Gasteiger charge is -2.09. The van der Waals surface area contributed by atoms with E-state index in [-0.39, 0.29) is 11.4 Å². The lowest BCUT2D eigenvalue weighted by Crippen LogP contribution is -2.35. The molecule has 0 aliphatic heterocycles. The molecule has 1 aromatic rings. The molecular weight excluding hydrogens is 282 g/mol. The monoisotopic (exact) mass is 301 g/mol. The Morgan fingerprint density at radius 2 is 1.80 bits per heavy atom. The first-order valence-corrected chi connectivity index (χ1v) is 7.89. The van der Waals surface area contributed by atoms with Gasteiger partial charge in [-0.2, -0.15) is 0 Å². The van der Waals surface area contributed by atoms with Gasteiger partial charge in [-0.25, -0.2) is 13.1 Å². The Balaban J connectivity index is 2.51. The first kappa shape index (κ1) is 16.5. The van der Waals surface area contributed by atoms with E-state index in [2.05, 4.69) is 10.0 Å². The van der Waals surface area contributed by atoms with Crippen LogP contribution in [0.3, 0.4) is 0 Å². The second-order valence-corrected chi connectivity index (χ2v) is 6.49. The van der Waals surface area contributed by atoms with Crippen LogP contribution in [0.4, 0.5) is 5.69 Å². The lowest BCUT2D eigenvalue weighted by molar-refractivity contribution is -0.384. The minimum Gasteiger partial charge on any atom is -0.313 e. The van der Waals surface area contributed by atoms with Crippen LogP contribution in [-0.2, 0) is 15.8 Å². The van der Waals surface area contributed by atoms with Crippen molar-refractivity contribution in [2.24, 2.45) is 0 Å². The third-order valence-electron chi connectivity index (χ3n) is 2.50. The second-order valence-electron chi connectivity index (χ2n) is 4.69. The number of hydrogen-bond donors (Lipinski definition) is 2. The topological polar surface area (TPSA) is 101 Å². The number of benzene rings is 1. The van der Waals surface area contributed by atoms with Crippen molar-refractivity contribution in [3.05, 3.63) is 39.9 Å². The molecule has 0 saturated carbocycles. The van der Waals surface area contributed by atoms with Crippen LogP contribution in [0.25, 0.3) is 0 Å². The van der Waals surface area contributed by atoms with E-state index in [4.69, 9.17) is 0 Å². The summed E-state index contributed by atoms with van der Waals surface area (Å²) in [5.74, 6) is -0.188. The van der Waals surface area contributed by atoms with Crippen molar-refractivity contribution in [3.8, 4) is 0 Å². The lowest BCUT2D eigenvalue weighted by atomic mass is 10.2. The Morgan fingerprint density at radius 1 is 1.20 bits per heavy atom. The van der Waals surface area contributed by atoms with Gasteiger partial charge in [-0.3, -0.25) is 10.1 Å². The molecule has 0 atom stereocenters. The van der Waals surface area contributed by atoms with Gasteiger partial charge in [-0.15, -0.1) is 0 Å². The molecule has 0 spiro atoms. The summed E-state index contributed by atoms with van der Waals surface area (Å²) >= 11 is 0. The second kappa shape index (κ2) is 7.32. The zero-order valence-electron chi connectivity index (χ0n) is 11.5. The van der Waals surface area contributed by atoms with Crippen LogP contribution in [-0.4, -0.2) is 32.5 Å². The number of nitro benzene ring substituents is 1. The number of sulfonamides is 1. The van der Waals surface area contributed by atoms with Gasteiger partial charge in [0, 0.05) is 31.3 Å². The summed E-state index contributed by atoms with van der Waals surface area (Å²) < 4.78 is 26.1. The number of nitrogens with zero attached hydrogens (tertiary/aromatic N) is 1. The number of rotatable bonds is 8. The van der Waals surface area contributed by atoms with Crippen LogP contribution in [0.1, 0.15) is 19.4 Å². The molecule has 0 fully saturated rings. The van der Waals surface area contributed by atoms with Crippen molar-refractivity contribution in [1.29, 1.82) is 0 Å². The molecule has 1 aromatic carbocycles. The first-order chi connectivity index (χ1) is 9.30. The van der Waals surface area contributed by atoms with Crippen LogP contribution in [0, 0.1) is 10.1 Å².